The van der Waals surface area contributed by atoms with Crippen LogP contribution in [-0.2, 0) is 6.42 Å². The van der Waals surface area contributed by atoms with Crippen molar-refractivity contribution in [3.05, 3.63) is 34.3 Å². The molecule has 0 aliphatic carbocycles. The molecule has 0 aliphatic heterocycles. The second kappa shape index (κ2) is 4.41. The fourth-order valence-electron chi connectivity index (χ4n) is 1.16. The predicted molar refractivity (Wildman–Crippen MR) is 61.0 cm³/mol. The van der Waals surface area contributed by atoms with Gasteiger partial charge in [0.05, 0.1) is 0 Å². The number of rotatable bonds is 3. The van der Waals surface area contributed by atoms with Crippen molar-refractivity contribution >= 4 is 15.9 Å². The molecular formula is C11H15BrFN. The van der Waals surface area contributed by atoms with Crippen LogP contribution in [0.25, 0.3) is 0 Å². The molecule has 0 bridgehead atoms. The summed E-state index contributed by atoms with van der Waals surface area (Å²) in [6, 6.07) is 7.33. The SMILES string of the molecule is CC(C)(F)C(N)Cc1cccc(Br)c1. The standard InChI is InChI=1S/C11H15BrFN/c1-11(2,13)10(14)7-8-4-3-5-9(12)6-8/h3-6,10H,7,14H2,1-2H3. The zero-order valence-corrected chi connectivity index (χ0v) is 10.0. The molecule has 0 radical (unpaired) electrons. The van der Waals surface area contributed by atoms with Crippen LogP contribution in [0.5, 0.6) is 0 Å². The summed E-state index contributed by atoms with van der Waals surface area (Å²) >= 11 is 3.37. The van der Waals surface area contributed by atoms with Gasteiger partial charge < -0.3 is 5.73 Å². The largest absolute Gasteiger partial charge is 0.325 e. The molecule has 0 saturated heterocycles. The Bertz CT molecular complexity index is 306. The third kappa shape index (κ3) is 3.39. The van der Waals surface area contributed by atoms with E-state index in [1.54, 1.807) is 0 Å². The number of halogens is 2. The first-order valence-corrected chi connectivity index (χ1v) is 5.38. The van der Waals surface area contributed by atoms with E-state index in [-0.39, 0.29) is 0 Å². The number of benzene rings is 1. The predicted octanol–water partition coefficient (Wildman–Crippen LogP) is 3.07. The molecule has 1 aromatic carbocycles. The molecule has 1 nitrogen and oxygen atoms in total. The van der Waals surface area contributed by atoms with Gasteiger partial charge in [0.25, 0.3) is 0 Å². The maximum absolute atomic E-state index is 13.4. The Labute approximate surface area is 92.6 Å². The van der Waals surface area contributed by atoms with Gasteiger partial charge in [-0.3, -0.25) is 0 Å². The summed E-state index contributed by atoms with van der Waals surface area (Å²) in [6.07, 6.45) is 0.558. The molecule has 0 saturated carbocycles. The maximum Gasteiger partial charge on any atom is 0.120 e. The van der Waals surface area contributed by atoms with Gasteiger partial charge in [0.1, 0.15) is 5.67 Å². The minimum Gasteiger partial charge on any atom is -0.325 e. The van der Waals surface area contributed by atoms with E-state index in [4.69, 9.17) is 5.73 Å². The van der Waals surface area contributed by atoms with Crippen LogP contribution in [0.3, 0.4) is 0 Å². The minimum absolute atomic E-state index is 0.461. The lowest BCUT2D eigenvalue weighted by molar-refractivity contribution is 0.172. The molecular weight excluding hydrogens is 245 g/mol. The molecule has 0 aromatic heterocycles. The van der Waals surface area contributed by atoms with E-state index in [0.717, 1.165) is 10.0 Å². The topological polar surface area (TPSA) is 26.0 Å². The van der Waals surface area contributed by atoms with E-state index >= 15 is 0 Å². The average molecular weight is 260 g/mol. The highest BCUT2D eigenvalue weighted by Gasteiger charge is 2.25. The zero-order valence-electron chi connectivity index (χ0n) is 8.43. The Kier molecular flexibility index (Phi) is 3.67. The van der Waals surface area contributed by atoms with Crippen LogP contribution < -0.4 is 5.73 Å². The first-order valence-electron chi connectivity index (χ1n) is 4.58. The van der Waals surface area contributed by atoms with Crippen LogP contribution in [0.1, 0.15) is 19.4 Å². The molecule has 0 fully saturated rings. The molecule has 78 valence electrons. The Hall–Kier alpha value is -0.410. The van der Waals surface area contributed by atoms with E-state index in [1.807, 2.05) is 24.3 Å². The van der Waals surface area contributed by atoms with Gasteiger partial charge in [-0.2, -0.15) is 0 Å². The summed E-state index contributed by atoms with van der Waals surface area (Å²) < 4.78 is 14.4. The first-order chi connectivity index (χ1) is 6.39. The van der Waals surface area contributed by atoms with Crippen LogP contribution in [0.4, 0.5) is 4.39 Å². The Morgan fingerprint density at radius 1 is 1.50 bits per heavy atom. The summed E-state index contributed by atoms with van der Waals surface area (Å²) in [5.41, 5.74) is 5.46. The van der Waals surface area contributed by atoms with Gasteiger partial charge in [-0.15, -0.1) is 0 Å². The molecule has 1 atom stereocenters. The maximum atomic E-state index is 13.4. The van der Waals surface area contributed by atoms with Crippen LogP contribution in [0.2, 0.25) is 0 Å². The average Bonchev–Trinajstić information content (AvgIpc) is 2.02. The summed E-state index contributed by atoms with van der Waals surface area (Å²) in [5.74, 6) is 0. The van der Waals surface area contributed by atoms with Gasteiger partial charge in [-0.1, -0.05) is 28.1 Å². The fraction of sp³-hybridized carbons (Fsp3) is 0.455. The van der Waals surface area contributed by atoms with Gasteiger partial charge >= 0.3 is 0 Å². The second-order valence-corrected chi connectivity index (χ2v) is 4.92. The van der Waals surface area contributed by atoms with Gasteiger partial charge in [0, 0.05) is 10.5 Å². The monoisotopic (exact) mass is 259 g/mol. The number of nitrogens with two attached hydrogens (primary N) is 1. The van der Waals surface area contributed by atoms with Crippen LogP contribution in [-0.4, -0.2) is 11.7 Å². The van der Waals surface area contributed by atoms with Crippen molar-refractivity contribution in [3.63, 3.8) is 0 Å². The van der Waals surface area contributed by atoms with Crippen molar-refractivity contribution in [1.29, 1.82) is 0 Å². The van der Waals surface area contributed by atoms with Crippen LogP contribution in [0, 0.1) is 0 Å². The number of alkyl halides is 1. The number of hydrogen-bond donors (Lipinski definition) is 1. The Morgan fingerprint density at radius 3 is 2.64 bits per heavy atom. The molecule has 0 aliphatic rings. The van der Waals surface area contributed by atoms with Gasteiger partial charge in [-0.25, -0.2) is 4.39 Å². The third-order valence-corrected chi connectivity index (χ3v) is 2.72. The highest BCUT2D eigenvalue weighted by atomic mass is 79.9. The van der Waals surface area contributed by atoms with Crippen molar-refractivity contribution in [1.82, 2.24) is 0 Å². The fourth-order valence-corrected chi connectivity index (χ4v) is 1.61. The van der Waals surface area contributed by atoms with Gasteiger partial charge in [0.2, 0.25) is 0 Å². The lowest BCUT2D eigenvalue weighted by Gasteiger charge is -2.22. The summed E-state index contributed by atoms with van der Waals surface area (Å²) in [5, 5.41) is 0. The van der Waals surface area contributed by atoms with Crippen molar-refractivity contribution in [2.24, 2.45) is 5.73 Å². The number of hydrogen-bond acceptors (Lipinski definition) is 1. The summed E-state index contributed by atoms with van der Waals surface area (Å²) in [6.45, 7) is 3.02. The quantitative estimate of drug-likeness (QED) is 0.888. The normalized spacial score (nSPS) is 14.1. The van der Waals surface area contributed by atoms with E-state index in [0.29, 0.717) is 6.42 Å². The molecule has 2 N–H and O–H groups in total. The molecule has 0 heterocycles. The third-order valence-electron chi connectivity index (χ3n) is 2.23. The second-order valence-electron chi connectivity index (χ2n) is 4.00. The van der Waals surface area contributed by atoms with E-state index in [9.17, 15) is 4.39 Å². The molecule has 1 rings (SSSR count). The van der Waals surface area contributed by atoms with Gasteiger partial charge in [-0.05, 0) is 38.0 Å². The minimum atomic E-state index is -1.33. The van der Waals surface area contributed by atoms with Crippen molar-refractivity contribution in [2.45, 2.75) is 32.0 Å². The zero-order chi connectivity index (χ0) is 10.8. The lowest BCUT2D eigenvalue weighted by Crippen LogP contribution is -2.41. The molecule has 1 aromatic rings. The Balaban J connectivity index is 2.70. The summed E-state index contributed by atoms with van der Waals surface area (Å²) in [4.78, 5) is 0. The first kappa shape index (κ1) is 11.7. The highest BCUT2D eigenvalue weighted by molar-refractivity contribution is 9.10. The van der Waals surface area contributed by atoms with Crippen LogP contribution >= 0.6 is 15.9 Å². The lowest BCUT2D eigenvalue weighted by atomic mass is 9.95. The molecule has 3 heteroatoms. The van der Waals surface area contributed by atoms with Crippen molar-refractivity contribution in [3.8, 4) is 0 Å². The molecule has 1 unspecified atom stereocenters. The Morgan fingerprint density at radius 2 is 2.14 bits per heavy atom. The smallest absolute Gasteiger partial charge is 0.120 e. The summed E-state index contributed by atoms with van der Waals surface area (Å²) in [7, 11) is 0. The molecule has 14 heavy (non-hydrogen) atoms. The van der Waals surface area contributed by atoms with Crippen molar-refractivity contribution < 1.29 is 4.39 Å². The molecule has 0 amide bonds. The van der Waals surface area contributed by atoms with E-state index in [2.05, 4.69) is 15.9 Å². The van der Waals surface area contributed by atoms with E-state index < -0.39 is 11.7 Å². The van der Waals surface area contributed by atoms with E-state index in [1.165, 1.54) is 13.8 Å². The molecule has 0 spiro atoms. The van der Waals surface area contributed by atoms with Gasteiger partial charge in [0.15, 0.2) is 0 Å². The van der Waals surface area contributed by atoms with Crippen LogP contribution in [0.15, 0.2) is 28.7 Å². The highest BCUT2D eigenvalue weighted by Crippen LogP contribution is 2.18. The van der Waals surface area contributed by atoms with Crippen molar-refractivity contribution in [2.75, 3.05) is 0 Å².